The third-order valence-electron chi connectivity index (χ3n) is 4.14. The van der Waals surface area contributed by atoms with Crippen LogP contribution in [0.5, 0.6) is 0 Å². The first-order valence-electron chi connectivity index (χ1n) is 8.36. The van der Waals surface area contributed by atoms with E-state index in [1.807, 2.05) is 24.3 Å². The van der Waals surface area contributed by atoms with Gasteiger partial charge in [0.25, 0.3) is 0 Å². The Balaban J connectivity index is 1.94. The van der Waals surface area contributed by atoms with Crippen LogP contribution in [0, 0.1) is 0 Å². The number of aromatic nitrogens is 1. The minimum absolute atomic E-state index is 0.000640. The van der Waals surface area contributed by atoms with Crippen LogP contribution in [0.25, 0.3) is 10.8 Å². The van der Waals surface area contributed by atoms with Crippen molar-refractivity contribution in [2.75, 3.05) is 7.11 Å². The number of nitrogens with zero attached hydrogens (tertiary/aromatic N) is 2. The molecule has 1 heterocycles. The summed E-state index contributed by atoms with van der Waals surface area (Å²) in [6.07, 6.45) is 1.16. The molecule has 27 heavy (non-hydrogen) atoms. The maximum atomic E-state index is 13.2. The molecule has 0 amide bonds. The number of carbonyl (C=O) groups is 1. The van der Waals surface area contributed by atoms with Gasteiger partial charge in [0.15, 0.2) is 5.69 Å². The highest BCUT2D eigenvalue weighted by Gasteiger charge is 2.29. The Kier molecular flexibility index (Phi) is 5.29. The molecule has 0 fully saturated rings. The number of sulfonamides is 1. The van der Waals surface area contributed by atoms with E-state index in [1.54, 1.807) is 32.0 Å². The zero-order chi connectivity index (χ0) is 19.6. The Labute approximate surface area is 157 Å². The molecule has 0 saturated carbocycles. The van der Waals surface area contributed by atoms with Crippen molar-refractivity contribution in [3.05, 3.63) is 60.3 Å². The van der Waals surface area contributed by atoms with E-state index in [0.29, 0.717) is 0 Å². The van der Waals surface area contributed by atoms with Gasteiger partial charge in [0, 0.05) is 6.04 Å². The van der Waals surface area contributed by atoms with Crippen molar-refractivity contribution in [1.29, 1.82) is 0 Å². The predicted octanol–water partition coefficient (Wildman–Crippen LogP) is 3.21. The van der Waals surface area contributed by atoms with Gasteiger partial charge in [-0.3, -0.25) is 0 Å². The van der Waals surface area contributed by atoms with E-state index >= 15 is 0 Å². The van der Waals surface area contributed by atoms with Crippen LogP contribution in [0.4, 0.5) is 0 Å². The van der Waals surface area contributed by atoms with E-state index in [1.165, 1.54) is 11.4 Å². The first-order valence-corrected chi connectivity index (χ1v) is 9.80. The molecule has 0 aliphatic carbocycles. The summed E-state index contributed by atoms with van der Waals surface area (Å²) in [5, 5.41) is 1.80. The number of hydrogen-bond donors (Lipinski definition) is 0. The molecule has 0 aliphatic heterocycles. The zero-order valence-corrected chi connectivity index (χ0v) is 16.1. The van der Waals surface area contributed by atoms with E-state index in [2.05, 4.69) is 9.72 Å². The topological polar surface area (TPSA) is 89.7 Å². The van der Waals surface area contributed by atoms with Gasteiger partial charge in [0.1, 0.15) is 6.26 Å². The summed E-state index contributed by atoms with van der Waals surface area (Å²) in [4.78, 5) is 15.7. The minimum atomic E-state index is -3.79. The van der Waals surface area contributed by atoms with Crippen LogP contribution in [-0.4, -0.2) is 36.8 Å². The van der Waals surface area contributed by atoms with E-state index in [4.69, 9.17) is 4.42 Å². The van der Waals surface area contributed by atoms with Crippen LogP contribution in [-0.2, 0) is 21.3 Å². The Morgan fingerprint density at radius 1 is 1.19 bits per heavy atom. The number of ether oxygens (including phenoxy) is 1. The molecule has 8 heteroatoms. The largest absolute Gasteiger partial charge is 0.464 e. The van der Waals surface area contributed by atoms with Crippen LogP contribution in [0.3, 0.4) is 0 Å². The van der Waals surface area contributed by atoms with Crippen molar-refractivity contribution in [2.24, 2.45) is 0 Å². The summed E-state index contributed by atoms with van der Waals surface area (Å²) >= 11 is 0. The number of fused-ring (bicyclic) bond motifs is 1. The fraction of sp³-hybridized carbons (Fsp3) is 0.263. The molecule has 0 N–H and O–H groups in total. The quantitative estimate of drug-likeness (QED) is 0.602. The van der Waals surface area contributed by atoms with Gasteiger partial charge in [-0.05, 0) is 36.8 Å². The van der Waals surface area contributed by atoms with Crippen molar-refractivity contribution >= 4 is 26.8 Å². The second-order valence-corrected chi connectivity index (χ2v) is 8.16. The Morgan fingerprint density at radius 2 is 1.89 bits per heavy atom. The van der Waals surface area contributed by atoms with Crippen LogP contribution in [0.2, 0.25) is 0 Å². The zero-order valence-electron chi connectivity index (χ0n) is 15.2. The van der Waals surface area contributed by atoms with Crippen LogP contribution in [0.1, 0.15) is 30.2 Å². The average Bonchev–Trinajstić information content (AvgIpc) is 3.13. The number of rotatable bonds is 6. The third-order valence-corrected chi connectivity index (χ3v) is 6.16. The summed E-state index contributed by atoms with van der Waals surface area (Å²) in [5.41, 5.74) is -0.000640. The molecule has 0 bridgehead atoms. The molecule has 0 aliphatic rings. The lowest BCUT2D eigenvalue weighted by molar-refractivity contribution is 0.0594. The van der Waals surface area contributed by atoms with Gasteiger partial charge in [-0.1, -0.05) is 30.3 Å². The van der Waals surface area contributed by atoms with Crippen LogP contribution < -0.4 is 0 Å². The lowest BCUT2D eigenvalue weighted by atomic mass is 10.1. The molecule has 2 aromatic carbocycles. The second-order valence-electron chi connectivity index (χ2n) is 6.27. The lowest BCUT2D eigenvalue weighted by Gasteiger charge is -2.24. The molecule has 1 aromatic heterocycles. The second kappa shape index (κ2) is 7.50. The Hall–Kier alpha value is -2.71. The maximum absolute atomic E-state index is 13.2. The van der Waals surface area contributed by atoms with Crippen LogP contribution >= 0.6 is 0 Å². The molecule has 0 spiro atoms. The van der Waals surface area contributed by atoms with Crippen molar-refractivity contribution in [1.82, 2.24) is 9.29 Å². The first-order chi connectivity index (χ1) is 12.8. The SMILES string of the molecule is COC(=O)c1coc(CN(C(C)C)S(=O)(=O)c2ccc3ccccc3c2)n1. The predicted molar refractivity (Wildman–Crippen MR) is 99.7 cm³/mol. The molecule has 3 aromatic rings. The van der Waals surface area contributed by atoms with Crippen LogP contribution in [0.15, 0.2) is 58.0 Å². The molecule has 3 rings (SSSR count). The number of methoxy groups -OCH3 is 1. The number of benzene rings is 2. The van der Waals surface area contributed by atoms with Gasteiger partial charge < -0.3 is 9.15 Å². The fourth-order valence-corrected chi connectivity index (χ4v) is 4.35. The van der Waals surface area contributed by atoms with Gasteiger partial charge >= 0.3 is 5.97 Å². The molecule has 142 valence electrons. The van der Waals surface area contributed by atoms with E-state index in [-0.39, 0.29) is 29.1 Å². The highest BCUT2D eigenvalue weighted by Crippen LogP contribution is 2.24. The van der Waals surface area contributed by atoms with Gasteiger partial charge in [-0.25, -0.2) is 18.2 Å². The molecule has 7 nitrogen and oxygen atoms in total. The van der Waals surface area contributed by atoms with E-state index in [0.717, 1.165) is 17.0 Å². The Bertz CT molecular complexity index is 1070. The smallest absolute Gasteiger partial charge is 0.360 e. The van der Waals surface area contributed by atoms with Gasteiger partial charge in [-0.15, -0.1) is 0 Å². The molecular formula is C19H20N2O5S. The van der Waals surface area contributed by atoms with Crippen molar-refractivity contribution in [3.8, 4) is 0 Å². The summed E-state index contributed by atoms with van der Waals surface area (Å²) in [6.45, 7) is 3.44. The first kappa shape index (κ1) is 19.1. The lowest BCUT2D eigenvalue weighted by Crippen LogP contribution is -2.36. The molecule has 0 atom stereocenters. The monoisotopic (exact) mass is 388 g/mol. The number of hydrogen-bond acceptors (Lipinski definition) is 6. The third kappa shape index (κ3) is 3.86. The summed E-state index contributed by atoms with van der Waals surface area (Å²) in [5.74, 6) is -0.521. The van der Waals surface area contributed by atoms with Gasteiger partial charge in [0.2, 0.25) is 15.9 Å². The number of esters is 1. The van der Waals surface area contributed by atoms with E-state index < -0.39 is 16.0 Å². The number of carbonyl (C=O) groups excluding carboxylic acids is 1. The molecule has 0 saturated heterocycles. The van der Waals surface area contributed by atoms with E-state index in [9.17, 15) is 13.2 Å². The van der Waals surface area contributed by atoms with Crippen molar-refractivity contribution < 1.29 is 22.4 Å². The molecule has 0 unspecified atom stereocenters. The fourth-order valence-electron chi connectivity index (χ4n) is 2.72. The normalized spacial score (nSPS) is 12.0. The molecule has 0 radical (unpaired) electrons. The highest BCUT2D eigenvalue weighted by molar-refractivity contribution is 7.89. The van der Waals surface area contributed by atoms with Gasteiger partial charge in [0.05, 0.1) is 18.6 Å². The standard InChI is InChI=1S/C19H20N2O5S/c1-13(2)21(11-18-20-17(12-26-18)19(22)25-3)27(23,24)16-9-8-14-6-4-5-7-15(14)10-16/h4-10,12-13H,11H2,1-3H3. The number of oxazole rings is 1. The highest BCUT2D eigenvalue weighted by atomic mass is 32.2. The van der Waals surface area contributed by atoms with Crippen molar-refractivity contribution in [2.45, 2.75) is 31.3 Å². The summed E-state index contributed by atoms with van der Waals surface area (Å²) < 4.78 is 37.5. The summed E-state index contributed by atoms with van der Waals surface area (Å²) in [7, 11) is -2.55. The summed E-state index contributed by atoms with van der Waals surface area (Å²) in [6, 6.07) is 12.2. The molecular weight excluding hydrogens is 368 g/mol. The van der Waals surface area contributed by atoms with Crippen molar-refractivity contribution in [3.63, 3.8) is 0 Å². The van der Waals surface area contributed by atoms with Gasteiger partial charge in [-0.2, -0.15) is 4.31 Å². The average molecular weight is 388 g/mol. The Morgan fingerprint density at radius 3 is 2.56 bits per heavy atom. The maximum Gasteiger partial charge on any atom is 0.360 e. The minimum Gasteiger partial charge on any atom is -0.464 e.